The Kier molecular flexibility index (Phi) is 4.49. The van der Waals surface area contributed by atoms with Crippen molar-refractivity contribution in [1.29, 1.82) is 0 Å². The molecule has 2 rings (SSSR count). The minimum atomic E-state index is -1.05. The Morgan fingerprint density at radius 3 is 2.38 bits per heavy atom. The summed E-state index contributed by atoms with van der Waals surface area (Å²) in [6.45, 7) is 1.45. The van der Waals surface area contributed by atoms with Crippen molar-refractivity contribution >= 4 is 35.0 Å². The number of rotatable bonds is 4. The molecule has 0 radical (unpaired) electrons. The van der Waals surface area contributed by atoms with Gasteiger partial charge in [-0.05, 0) is 36.4 Å². The Hall–Kier alpha value is -2.47. The van der Waals surface area contributed by atoms with Gasteiger partial charge in [0.05, 0.1) is 11.3 Å². The summed E-state index contributed by atoms with van der Waals surface area (Å²) in [6.07, 6.45) is 0. The Morgan fingerprint density at radius 2 is 1.81 bits per heavy atom. The number of carboxylic acid groups (broad SMARTS) is 1. The van der Waals surface area contributed by atoms with Crippen LogP contribution in [0.4, 0.5) is 11.4 Å². The second-order valence-corrected chi connectivity index (χ2v) is 5.45. The molecule has 1 amide bonds. The van der Waals surface area contributed by atoms with E-state index >= 15 is 0 Å². The van der Waals surface area contributed by atoms with Gasteiger partial charge in [0.15, 0.2) is 0 Å². The molecule has 0 fully saturated rings. The van der Waals surface area contributed by atoms with E-state index in [1.165, 1.54) is 24.8 Å². The Morgan fingerprint density at radius 1 is 1.14 bits per heavy atom. The highest BCUT2D eigenvalue weighted by Gasteiger charge is 2.11. The van der Waals surface area contributed by atoms with Crippen LogP contribution in [0.25, 0.3) is 0 Å². The lowest BCUT2D eigenvalue weighted by Crippen LogP contribution is -2.05. The molecule has 2 aromatic carbocycles. The van der Waals surface area contributed by atoms with Gasteiger partial charge in [0.1, 0.15) is 0 Å². The van der Waals surface area contributed by atoms with Gasteiger partial charge in [0.2, 0.25) is 5.91 Å². The summed E-state index contributed by atoms with van der Waals surface area (Å²) in [6, 6.07) is 12.1. The summed E-state index contributed by atoms with van der Waals surface area (Å²) in [5.41, 5.74) is 6.92. The molecule has 0 atom stereocenters. The third-order valence-electron chi connectivity index (χ3n) is 2.70. The zero-order chi connectivity index (χ0) is 15.4. The van der Waals surface area contributed by atoms with Crippen LogP contribution >= 0.6 is 11.8 Å². The molecule has 2 aromatic rings. The number of benzene rings is 2. The van der Waals surface area contributed by atoms with E-state index in [9.17, 15) is 9.59 Å². The summed E-state index contributed by atoms with van der Waals surface area (Å²) in [5.74, 6) is -1.18. The fraction of sp³-hybridized carbons (Fsp3) is 0.0667. The standard InChI is InChI=1S/C15H14N2O3S/c1-9(18)17-10-5-7-11(8-6-10)21-13-4-2-3-12(14(13)16)15(19)20/h2-8H,16H2,1H3,(H,17,18)(H,19,20). The molecule has 0 aliphatic rings. The fourth-order valence-corrected chi connectivity index (χ4v) is 2.65. The number of hydrogen-bond acceptors (Lipinski definition) is 4. The van der Waals surface area contributed by atoms with Crippen LogP contribution in [0, 0.1) is 0 Å². The van der Waals surface area contributed by atoms with Crippen LogP contribution in [-0.4, -0.2) is 17.0 Å². The van der Waals surface area contributed by atoms with Gasteiger partial charge in [-0.15, -0.1) is 0 Å². The SMILES string of the molecule is CC(=O)Nc1ccc(Sc2cccc(C(=O)O)c2N)cc1. The quantitative estimate of drug-likeness (QED) is 0.755. The minimum Gasteiger partial charge on any atom is -0.478 e. The second kappa shape index (κ2) is 6.32. The van der Waals surface area contributed by atoms with Gasteiger partial charge in [0.25, 0.3) is 0 Å². The van der Waals surface area contributed by atoms with Crippen LogP contribution in [0.1, 0.15) is 17.3 Å². The summed E-state index contributed by atoms with van der Waals surface area (Å²) in [5, 5.41) is 11.7. The number of para-hydroxylation sites is 1. The molecule has 6 heteroatoms. The lowest BCUT2D eigenvalue weighted by Gasteiger charge is -2.08. The molecule has 0 heterocycles. The molecular formula is C15H14N2O3S. The fourth-order valence-electron chi connectivity index (χ4n) is 1.76. The van der Waals surface area contributed by atoms with E-state index in [-0.39, 0.29) is 17.2 Å². The van der Waals surface area contributed by atoms with E-state index < -0.39 is 5.97 Å². The topological polar surface area (TPSA) is 92.4 Å². The van der Waals surface area contributed by atoms with Crippen LogP contribution < -0.4 is 11.1 Å². The second-order valence-electron chi connectivity index (χ2n) is 4.33. The number of nitrogens with one attached hydrogen (secondary N) is 1. The number of carboxylic acids is 1. The highest BCUT2D eigenvalue weighted by Crippen LogP contribution is 2.34. The molecular weight excluding hydrogens is 288 g/mol. The molecule has 0 spiro atoms. The van der Waals surface area contributed by atoms with Crippen molar-refractivity contribution in [2.75, 3.05) is 11.1 Å². The molecule has 0 bridgehead atoms. The first-order valence-corrected chi connectivity index (χ1v) is 6.96. The summed E-state index contributed by atoms with van der Waals surface area (Å²) >= 11 is 1.37. The largest absolute Gasteiger partial charge is 0.478 e. The average Bonchev–Trinajstić information content (AvgIpc) is 2.42. The predicted octanol–water partition coefficient (Wildman–Crippen LogP) is 3.08. The van der Waals surface area contributed by atoms with Crippen molar-refractivity contribution in [2.24, 2.45) is 0 Å². The van der Waals surface area contributed by atoms with Crippen molar-refractivity contribution in [3.05, 3.63) is 48.0 Å². The number of nitrogens with two attached hydrogens (primary N) is 1. The monoisotopic (exact) mass is 302 g/mol. The normalized spacial score (nSPS) is 10.1. The van der Waals surface area contributed by atoms with Crippen LogP contribution in [-0.2, 0) is 4.79 Å². The van der Waals surface area contributed by atoms with Crippen LogP contribution in [0.15, 0.2) is 52.3 Å². The minimum absolute atomic E-state index is 0.0925. The van der Waals surface area contributed by atoms with E-state index in [0.29, 0.717) is 10.6 Å². The molecule has 21 heavy (non-hydrogen) atoms. The third kappa shape index (κ3) is 3.76. The lowest BCUT2D eigenvalue weighted by molar-refractivity contribution is -0.114. The van der Waals surface area contributed by atoms with E-state index in [0.717, 1.165) is 4.90 Å². The Balaban J connectivity index is 2.20. The molecule has 4 N–H and O–H groups in total. The van der Waals surface area contributed by atoms with Crippen molar-refractivity contribution < 1.29 is 14.7 Å². The molecule has 0 aliphatic heterocycles. The maximum absolute atomic E-state index is 11.0. The van der Waals surface area contributed by atoms with E-state index in [1.54, 1.807) is 24.3 Å². The first kappa shape index (κ1) is 14.9. The first-order chi connectivity index (χ1) is 9.97. The van der Waals surface area contributed by atoms with Crippen LogP contribution in [0.2, 0.25) is 0 Å². The third-order valence-corrected chi connectivity index (χ3v) is 3.78. The predicted molar refractivity (Wildman–Crippen MR) is 82.7 cm³/mol. The van der Waals surface area contributed by atoms with Gasteiger partial charge >= 0.3 is 5.97 Å². The molecule has 0 aliphatic carbocycles. The average molecular weight is 302 g/mol. The maximum Gasteiger partial charge on any atom is 0.337 e. The van der Waals surface area contributed by atoms with Gasteiger partial charge in [0, 0.05) is 22.4 Å². The molecule has 0 saturated heterocycles. The van der Waals surface area contributed by atoms with Crippen LogP contribution in [0.5, 0.6) is 0 Å². The smallest absolute Gasteiger partial charge is 0.337 e. The number of carbonyl (C=O) groups is 2. The summed E-state index contributed by atoms with van der Waals surface area (Å²) in [4.78, 5) is 23.6. The number of amides is 1. The number of anilines is 2. The molecule has 108 valence electrons. The number of hydrogen-bond donors (Lipinski definition) is 3. The van der Waals surface area contributed by atoms with Gasteiger partial charge in [-0.1, -0.05) is 17.8 Å². The van der Waals surface area contributed by atoms with E-state index in [1.807, 2.05) is 12.1 Å². The first-order valence-electron chi connectivity index (χ1n) is 6.14. The molecule has 0 unspecified atom stereocenters. The molecule has 0 saturated carbocycles. The zero-order valence-corrected chi connectivity index (χ0v) is 12.1. The number of aromatic carboxylic acids is 1. The Labute approximate surface area is 126 Å². The van der Waals surface area contributed by atoms with Gasteiger partial charge in [-0.25, -0.2) is 4.79 Å². The highest BCUT2D eigenvalue weighted by molar-refractivity contribution is 7.99. The van der Waals surface area contributed by atoms with Gasteiger partial charge < -0.3 is 16.2 Å². The van der Waals surface area contributed by atoms with Crippen molar-refractivity contribution in [2.45, 2.75) is 16.7 Å². The zero-order valence-electron chi connectivity index (χ0n) is 11.3. The maximum atomic E-state index is 11.0. The number of carbonyl (C=O) groups excluding carboxylic acids is 1. The highest BCUT2D eigenvalue weighted by atomic mass is 32.2. The lowest BCUT2D eigenvalue weighted by atomic mass is 10.2. The molecule has 0 aromatic heterocycles. The van der Waals surface area contributed by atoms with Crippen LogP contribution in [0.3, 0.4) is 0 Å². The molecule has 5 nitrogen and oxygen atoms in total. The summed E-state index contributed by atoms with van der Waals surface area (Å²) < 4.78 is 0. The van der Waals surface area contributed by atoms with E-state index in [2.05, 4.69) is 5.32 Å². The van der Waals surface area contributed by atoms with E-state index in [4.69, 9.17) is 10.8 Å². The van der Waals surface area contributed by atoms with Gasteiger partial charge in [-0.2, -0.15) is 0 Å². The van der Waals surface area contributed by atoms with Gasteiger partial charge in [-0.3, -0.25) is 4.79 Å². The Bertz CT molecular complexity index is 684. The van der Waals surface area contributed by atoms with Crippen molar-refractivity contribution in [3.8, 4) is 0 Å². The van der Waals surface area contributed by atoms with Crippen molar-refractivity contribution in [3.63, 3.8) is 0 Å². The van der Waals surface area contributed by atoms with Crippen molar-refractivity contribution in [1.82, 2.24) is 0 Å². The number of nitrogen functional groups attached to an aromatic ring is 1. The summed E-state index contributed by atoms with van der Waals surface area (Å²) in [7, 11) is 0.